The number of nitrogens with two attached hydrogens (primary N) is 1. The molecule has 1 aliphatic carbocycles. The summed E-state index contributed by atoms with van der Waals surface area (Å²) in [6.45, 7) is 2.05. The van der Waals surface area contributed by atoms with E-state index in [0.717, 1.165) is 5.75 Å². The number of benzene rings is 1. The van der Waals surface area contributed by atoms with E-state index in [4.69, 9.17) is 5.84 Å². The Kier molecular flexibility index (Phi) is 4.33. The van der Waals surface area contributed by atoms with Crippen LogP contribution in [-0.4, -0.2) is 5.91 Å². The van der Waals surface area contributed by atoms with Gasteiger partial charge in [-0.15, -0.1) is 23.1 Å². The Morgan fingerprint density at radius 3 is 2.95 bits per heavy atom. The Hall–Kier alpha value is -1.30. The van der Waals surface area contributed by atoms with Crippen molar-refractivity contribution in [2.24, 2.45) is 5.84 Å². The Morgan fingerprint density at radius 2 is 2.14 bits per heavy atom. The van der Waals surface area contributed by atoms with Crippen LogP contribution in [-0.2, 0) is 18.6 Å². The first kappa shape index (κ1) is 14.6. The van der Waals surface area contributed by atoms with Crippen LogP contribution in [0.15, 0.2) is 29.2 Å². The second-order valence-corrected chi connectivity index (χ2v) is 7.54. The third-order valence-electron chi connectivity index (χ3n) is 3.84. The summed E-state index contributed by atoms with van der Waals surface area (Å²) < 4.78 is 0. The third kappa shape index (κ3) is 3.15. The summed E-state index contributed by atoms with van der Waals surface area (Å²) in [5, 5.41) is 0. The molecule has 21 heavy (non-hydrogen) atoms. The lowest BCUT2D eigenvalue weighted by molar-refractivity contribution is 0.0957. The largest absolute Gasteiger partial charge is 0.289 e. The maximum Gasteiger partial charge on any atom is 0.275 e. The van der Waals surface area contributed by atoms with E-state index in [1.54, 1.807) is 0 Å². The predicted molar refractivity (Wildman–Crippen MR) is 88.7 cm³/mol. The molecule has 0 fully saturated rings. The van der Waals surface area contributed by atoms with Crippen LogP contribution in [0.25, 0.3) is 0 Å². The minimum absolute atomic E-state index is 0.211. The van der Waals surface area contributed by atoms with Gasteiger partial charge in [0.1, 0.15) is 0 Å². The molecule has 1 heterocycles. The number of nitrogen functional groups attached to an aromatic ring is 1. The number of thiophene rings is 1. The van der Waals surface area contributed by atoms with Gasteiger partial charge in [0.25, 0.3) is 5.91 Å². The molecule has 0 aliphatic heterocycles. The smallest absolute Gasteiger partial charge is 0.275 e. The molecule has 1 aliphatic rings. The molecule has 110 valence electrons. The number of amides is 1. The summed E-state index contributed by atoms with van der Waals surface area (Å²) in [6, 6.07) is 8.74. The van der Waals surface area contributed by atoms with Crippen LogP contribution in [0.4, 0.5) is 0 Å². The SMILES string of the molecule is Cc1sc(C(=O)NN)cc1CSc1ccc2c(c1)CCC2. The molecule has 3 rings (SSSR count). The summed E-state index contributed by atoms with van der Waals surface area (Å²) in [4.78, 5) is 14.7. The van der Waals surface area contributed by atoms with Crippen LogP contribution < -0.4 is 11.3 Å². The normalized spacial score (nSPS) is 13.2. The zero-order chi connectivity index (χ0) is 14.8. The molecule has 0 spiro atoms. The minimum Gasteiger partial charge on any atom is -0.289 e. The lowest BCUT2D eigenvalue weighted by Gasteiger charge is -2.04. The van der Waals surface area contributed by atoms with Gasteiger partial charge in [0, 0.05) is 15.5 Å². The molecule has 1 aromatic carbocycles. The zero-order valence-corrected chi connectivity index (χ0v) is 13.6. The van der Waals surface area contributed by atoms with Gasteiger partial charge in [-0.05, 0) is 61.1 Å². The summed E-state index contributed by atoms with van der Waals surface area (Å²) in [7, 11) is 0. The first-order valence-corrected chi connectivity index (χ1v) is 8.82. The Balaban J connectivity index is 1.70. The fraction of sp³-hybridized carbons (Fsp3) is 0.312. The van der Waals surface area contributed by atoms with E-state index in [0.29, 0.717) is 4.88 Å². The number of aryl methyl sites for hydroxylation is 3. The molecule has 0 radical (unpaired) electrons. The van der Waals surface area contributed by atoms with Gasteiger partial charge in [-0.3, -0.25) is 10.2 Å². The van der Waals surface area contributed by atoms with Gasteiger partial charge in [0.15, 0.2) is 0 Å². The summed E-state index contributed by atoms with van der Waals surface area (Å²) in [5.74, 6) is 5.86. The quantitative estimate of drug-likeness (QED) is 0.393. The van der Waals surface area contributed by atoms with Gasteiger partial charge in [-0.25, -0.2) is 5.84 Å². The first-order valence-electron chi connectivity index (χ1n) is 7.02. The van der Waals surface area contributed by atoms with Crippen molar-refractivity contribution < 1.29 is 4.79 Å². The maximum atomic E-state index is 11.5. The van der Waals surface area contributed by atoms with Gasteiger partial charge < -0.3 is 0 Å². The summed E-state index contributed by atoms with van der Waals surface area (Å²) in [6.07, 6.45) is 3.72. The molecule has 0 unspecified atom stereocenters. The molecule has 3 nitrogen and oxygen atoms in total. The highest BCUT2D eigenvalue weighted by molar-refractivity contribution is 7.98. The number of carbonyl (C=O) groups excluding carboxylic acids is 1. The number of rotatable bonds is 4. The van der Waals surface area contributed by atoms with Gasteiger partial charge in [0.05, 0.1) is 4.88 Å². The molecule has 0 bridgehead atoms. The predicted octanol–water partition coefficient (Wildman–Crippen LogP) is 3.44. The molecule has 2 aromatic rings. The molecular weight excluding hydrogens is 300 g/mol. The van der Waals surface area contributed by atoms with Gasteiger partial charge >= 0.3 is 0 Å². The molecule has 1 aromatic heterocycles. The number of fused-ring (bicyclic) bond motifs is 1. The van der Waals surface area contributed by atoms with Crippen molar-refractivity contribution in [1.29, 1.82) is 0 Å². The second kappa shape index (κ2) is 6.22. The molecule has 3 N–H and O–H groups in total. The van der Waals surface area contributed by atoms with Crippen LogP contribution in [0.2, 0.25) is 0 Å². The fourth-order valence-electron chi connectivity index (χ4n) is 2.65. The number of hydrazine groups is 1. The van der Waals surface area contributed by atoms with Crippen molar-refractivity contribution in [2.75, 3.05) is 0 Å². The Labute approximate surface area is 132 Å². The Morgan fingerprint density at radius 1 is 1.33 bits per heavy atom. The van der Waals surface area contributed by atoms with Crippen LogP contribution in [0, 0.1) is 6.92 Å². The van der Waals surface area contributed by atoms with Gasteiger partial charge in [-0.2, -0.15) is 0 Å². The van der Waals surface area contributed by atoms with Gasteiger partial charge in [0.2, 0.25) is 0 Å². The highest BCUT2D eigenvalue weighted by Crippen LogP contribution is 2.32. The average Bonchev–Trinajstić information content (AvgIpc) is 3.10. The van der Waals surface area contributed by atoms with Crippen LogP contribution in [0.1, 0.15) is 37.7 Å². The minimum atomic E-state index is -0.211. The molecule has 5 heteroatoms. The number of carbonyl (C=O) groups is 1. The fourth-order valence-corrected chi connectivity index (χ4v) is 4.69. The van der Waals surface area contributed by atoms with E-state index in [-0.39, 0.29) is 5.91 Å². The van der Waals surface area contributed by atoms with Crippen LogP contribution in [0.5, 0.6) is 0 Å². The summed E-state index contributed by atoms with van der Waals surface area (Å²) >= 11 is 3.33. The standard InChI is InChI=1S/C16H18N2OS2/c1-10-13(8-15(21-10)16(19)18-17)9-20-14-6-5-11-3-2-4-12(11)7-14/h5-8H,2-4,9,17H2,1H3,(H,18,19). The van der Waals surface area contributed by atoms with Gasteiger partial charge in [-0.1, -0.05) is 6.07 Å². The topological polar surface area (TPSA) is 55.1 Å². The van der Waals surface area contributed by atoms with Crippen molar-refractivity contribution in [3.63, 3.8) is 0 Å². The van der Waals surface area contributed by atoms with Crippen molar-refractivity contribution in [2.45, 2.75) is 36.8 Å². The molecule has 0 saturated heterocycles. The van der Waals surface area contributed by atoms with Crippen molar-refractivity contribution in [3.05, 3.63) is 50.7 Å². The monoisotopic (exact) mass is 318 g/mol. The second-order valence-electron chi connectivity index (χ2n) is 5.24. The third-order valence-corrected chi connectivity index (χ3v) is 5.97. The average molecular weight is 318 g/mol. The highest BCUT2D eigenvalue weighted by Gasteiger charge is 2.13. The molecule has 0 saturated carbocycles. The zero-order valence-electron chi connectivity index (χ0n) is 11.9. The van der Waals surface area contributed by atoms with Crippen molar-refractivity contribution in [1.82, 2.24) is 5.43 Å². The van der Waals surface area contributed by atoms with E-state index in [1.165, 1.54) is 57.1 Å². The van der Waals surface area contributed by atoms with Crippen LogP contribution in [0.3, 0.4) is 0 Å². The van der Waals surface area contributed by atoms with E-state index >= 15 is 0 Å². The lowest BCUT2D eigenvalue weighted by Crippen LogP contribution is -2.29. The number of nitrogens with one attached hydrogen (secondary N) is 1. The maximum absolute atomic E-state index is 11.5. The van der Waals surface area contributed by atoms with E-state index in [2.05, 4.69) is 30.5 Å². The van der Waals surface area contributed by atoms with Crippen molar-refractivity contribution in [3.8, 4) is 0 Å². The van der Waals surface area contributed by atoms with Crippen molar-refractivity contribution >= 4 is 29.0 Å². The number of hydrogen-bond acceptors (Lipinski definition) is 4. The molecule has 0 atom stereocenters. The lowest BCUT2D eigenvalue weighted by atomic mass is 10.1. The van der Waals surface area contributed by atoms with E-state index in [9.17, 15) is 4.79 Å². The highest BCUT2D eigenvalue weighted by atomic mass is 32.2. The summed E-state index contributed by atoms with van der Waals surface area (Å²) in [5.41, 5.74) is 6.41. The molecule has 1 amide bonds. The van der Waals surface area contributed by atoms with Crippen LogP contribution >= 0.6 is 23.1 Å². The van der Waals surface area contributed by atoms with E-state index in [1.807, 2.05) is 17.8 Å². The number of thioether (sulfide) groups is 1. The number of hydrogen-bond donors (Lipinski definition) is 2. The first-order chi connectivity index (χ1) is 10.2. The molecular formula is C16H18N2OS2. The van der Waals surface area contributed by atoms with E-state index < -0.39 is 0 Å². The Bertz CT molecular complexity index is 679.